The van der Waals surface area contributed by atoms with Gasteiger partial charge in [-0.15, -0.1) is 0 Å². The molecular weight excluding hydrogens is 322 g/mol. The predicted octanol–water partition coefficient (Wildman–Crippen LogP) is 0.832. The van der Waals surface area contributed by atoms with Gasteiger partial charge in [-0.3, -0.25) is 19.3 Å². The summed E-state index contributed by atoms with van der Waals surface area (Å²) < 4.78 is 0. The molecular formula is C18H25N3O4. The second kappa shape index (κ2) is 9.78. The number of amides is 2. The molecule has 7 heteroatoms. The molecule has 2 N–H and O–H groups in total. The lowest BCUT2D eigenvalue weighted by Gasteiger charge is -2.20. The quantitative estimate of drug-likeness (QED) is 0.788. The van der Waals surface area contributed by atoms with Gasteiger partial charge in [0.1, 0.15) is 0 Å². The first-order valence-corrected chi connectivity index (χ1v) is 8.55. The Morgan fingerprint density at radius 1 is 1.20 bits per heavy atom. The van der Waals surface area contributed by atoms with E-state index in [0.717, 1.165) is 32.5 Å². The zero-order valence-corrected chi connectivity index (χ0v) is 14.3. The van der Waals surface area contributed by atoms with Gasteiger partial charge < -0.3 is 15.3 Å². The second-order valence-corrected chi connectivity index (χ2v) is 6.21. The molecule has 0 aliphatic carbocycles. The minimum Gasteiger partial charge on any atom is -0.483 e. The lowest BCUT2D eigenvalue weighted by Crippen LogP contribution is -2.37. The third-order valence-corrected chi connectivity index (χ3v) is 4.39. The van der Waals surface area contributed by atoms with Crippen LogP contribution in [0.4, 0.5) is 0 Å². The van der Waals surface area contributed by atoms with Gasteiger partial charge in [0.25, 0.3) is 6.47 Å². The lowest BCUT2D eigenvalue weighted by molar-refractivity contribution is -0.135. The summed E-state index contributed by atoms with van der Waals surface area (Å²) in [4.78, 5) is 36.1. The number of rotatable bonds is 4. The number of carbonyl (C=O) groups excluding carboxylic acids is 2. The van der Waals surface area contributed by atoms with Crippen molar-refractivity contribution in [2.24, 2.45) is 0 Å². The monoisotopic (exact) mass is 347 g/mol. The Balaban J connectivity index is 0.000000701. The molecule has 2 aliphatic heterocycles. The summed E-state index contributed by atoms with van der Waals surface area (Å²) in [5.74, 6) is 0.0644. The summed E-state index contributed by atoms with van der Waals surface area (Å²) in [7, 11) is 0. The zero-order chi connectivity index (χ0) is 18.1. The third kappa shape index (κ3) is 5.86. The average Bonchev–Trinajstić information content (AvgIpc) is 2.88. The molecule has 0 spiro atoms. The van der Waals surface area contributed by atoms with Crippen LogP contribution in [0.3, 0.4) is 0 Å². The molecule has 0 saturated carbocycles. The fraction of sp³-hybridized carbons (Fsp3) is 0.500. The third-order valence-electron chi connectivity index (χ3n) is 4.39. The van der Waals surface area contributed by atoms with E-state index in [4.69, 9.17) is 9.90 Å². The van der Waals surface area contributed by atoms with E-state index in [0.29, 0.717) is 19.5 Å². The fourth-order valence-electron chi connectivity index (χ4n) is 3.19. The Hall–Kier alpha value is -2.41. The van der Waals surface area contributed by atoms with Crippen LogP contribution in [-0.2, 0) is 27.5 Å². The molecule has 0 radical (unpaired) electrons. The smallest absolute Gasteiger partial charge is 0.290 e. The summed E-state index contributed by atoms with van der Waals surface area (Å²) in [6.45, 7) is 4.22. The van der Waals surface area contributed by atoms with Crippen molar-refractivity contribution in [2.75, 3.05) is 26.2 Å². The van der Waals surface area contributed by atoms with E-state index >= 15 is 0 Å². The molecule has 136 valence electrons. The minimum atomic E-state index is -0.250. The Kier molecular flexibility index (Phi) is 7.40. The van der Waals surface area contributed by atoms with Gasteiger partial charge in [-0.2, -0.15) is 0 Å². The van der Waals surface area contributed by atoms with Crippen LogP contribution < -0.4 is 5.32 Å². The van der Waals surface area contributed by atoms with E-state index in [1.54, 1.807) is 4.90 Å². The van der Waals surface area contributed by atoms with E-state index < -0.39 is 0 Å². The van der Waals surface area contributed by atoms with Gasteiger partial charge in [0.2, 0.25) is 11.8 Å². The molecule has 2 heterocycles. The van der Waals surface area contributed by atoms with Gasteiger partial charge in [0.15, 0.2) is 0 Å². The van der Waals surface area contributed by atoms with Gasteiger partial charge in [0.05, 0.1) is 6.54 Å². The molecule has 1 aromatic carbocycles. The van der Waals surface area contributed by atoms with Crippen molar-refractivity contribution in [3.05, 3.63) is 35.4 Å². The van der Waals surface area contributed by atoms with Gasteiger partial charge in [0, 0.05) is 32.6 Å². The highest BCUT2D eigenvalue weighted by atomic mass is 16.3. The average molecular weight is 347 g/mol. The zero-order valence-electron chi connectivity index (χ0n) is 14.3. The van der Waals surface area contributed by atoms with E-state index in [1.807, 2.05) is 0 Å². The normalized spacial score (nSPS) is 17.0. The maximum Gasteiger partial charge on any atom is 0.290 e. The summed E-state index contributed by atoms with van der Waals surface area (Å²) in [6.07, 6.45) is 2.23. The highest BCUT2D eigenvalue weighted by molar-refractivity contribution is 5.85. The Morgan fingerprint density at radius 2 is 1.84 bits per heavy atom. The van der Waals surface area contributed by atoms with Crippen LogP contribution in [0.25, 0.3) is 0 Å². The van der Waals surface area contributed by atoms with Gasteiger partial charge in [-0.05, 0) is 30.5 Å². The number of nitrogens with zero attached hydrogens (tertiary/aromatic N) is 2. The van der Waals surface area contributed by atoms with Crippen molar-refractivity contribution in [1.29, 1.82) is 0 Å². The maximum atomic E-state index is 12.2. The second-order valence-electron chi connectivity index (χ2n) is 6.21. The molecule has 1 aromatic rings. The van der Waals surface area contributed by atoms with Crippen molar-refractivity contribution in [3.63, 3.8) is 0 Å². The van der Waals surface area contributed by atoms with E-state index in [9.17, 15) is 9.59 Å². The van der Waals surface area contributed by atoms with Crippen molar-refractivity contribution >= 4 is 18.3 Å². The van der Waals surface area contributed by atoms with Gasteiger partial charge >= 0.3 is 0 Å². The molecule has 2 amide bonds. The molecule has 25 heavy (non-hydrogen) atoms. The van der Waals surface area contributed by atoms with Crippen molar-refractivity contribution in [2.45, 2.75) is 32.4 Å². The maximum absolute atomic E-state index is 12.2. The molecule has 0 unspecified atom stereocenters. The van der Waals surface area contributed by atoms with Crippen LogP contribution in [-0.4, -0.2) is 59.4 Å². The summed E-state index contributed by atoms with van der Waals surface area (Å²) in [6, 6.07) is 8.51. The Bertz CT molecular complexity index is 581. The number of carboxylic acid groups (broad SMARTS) is 1. The summed E-state index contributed by atoms with van der Waals surface area (Å²) in [5, 5.41) is 9.69. The predicted molar refractivity (Wildman–Crippen MR) is 92.7 cm³/mol. The first kappa shape index (κ1) is 18.9. The fourth-order valence-corrected chi connectivity index (χ4v) is 3.19. The van der Waals surface area contributed by atoms with Gasteiger partial charge in [-0.1, -0.05) is 24.3 Å². The van der Waals surface area contributed by atoms with Crippen LogP contribution >= 0.6 is 0 Å². The molecule has 1 saturated heterocycles. The SMILES string of the molecule is O=C1CN(C(=O)CCCN2Cc3ccccc3C2)CCCN1.O=CO. The number of fused-ring (bicyclic) bond motifs is 1. The molecule has 0 bridgehead atoms. The standard InChI is InChI=1S/C17H23N3O2.CH2O2/c21-16-13-20(10-4-8-18-16)17(22)7-3-9-19-11-14-5-1-2-6-15(14)12-19;2-1-3/h1-2,5-6H,3-4,7-13H2,(H,18,21);1H,(H,2,3). The van der Waals surface area contributed by atoms with Crippen LogP contribution in [0.15, 0.2) is 24.3 Å². The summed E-state index contributed by atoms with van der Waals surface area (Å²) in [5.41, 5.74) is 2.80. The van der Waals surface area contributed by atoms with Crippen LogP contribution in [0.1, 0.15) is 30.4 Å². The van der Waals surface area contributed by atoms with Crippen LogP contribution in [0.2, 0.25) is 0 Å². The molecule has 0 aromatic heterocycles. The Morgan fingerprint density at radius 3 is 2.48 bits per heavy atom. The summed E-state index contributed by atoms with van der Waals surface area (Å²) >= 11 is 0. The largest absolute Gasteiger partial charge is 0.483 e. The molecule has 0 atom stereocenters. The van der Waals surface area contributed by atoms with Crippen LogP contribution in [0, 0.1) is 0 Å². The molecule has 2 aliphatic rings. The van der Waals surface area contributed by atoms with E-state index in [-0.39, 0.29) is 24.8 Å². The van der Waals surface area contributed by atoms with Gasteiger partial charge in [-0.25, -0.2) is 0 Å². The number of hydrogen-bond donors (Lipinski definition) is 2. The highest BCUT2D eigenvalue weighted by Gasteiger charge is 2.21. The van der Waals surface area contributed by atoms with Crippen molar-refractivity contribution < 1.29 is 19.5 Å². The lowest BCUT2D eigenvalue weighted by atomic mass is 10.1. The van der Waals surface area contributed by atoms with Crippen LogP contribution in [0.5, 0.6) is 0 Å². The number of nitrogens with one attached hydrogen (secondary N) is 1. The molecule has 7 nitrogen and oxygen atoms in total. The first-order chi connectivity index (χ1) is 12.1. The molecule has 1 fully saturated rings. The topological polar surface area (TPSA) is 90.0 Å². The number of benzene rings is 1. The molecule has 3 rings (SSSR count). The first-order valence-electron chi connectivity index (χ1n) is 8.55. The number of carbonyl (C=O) groups is 3. The van der Waals surface area contributed by atoms with Crippen molar-refractivity contribution in [3.8, 4) is 0 Å². The van der Waals surface area contributed by atoms with E-state index in [1.165, 1.54) is 11.1 Å². The number of hydrogen-bond acceptors (Lipinski definition) is 4. The van der Waals surface area contributed by atoms with Crippen molar-refractivity contribution in [1.82, 2.24) is 15.1 Å². The highest BCUT2D eigenvalue weighted by Crippen LogP contribution is 2.22. The Labute approximate surface area is 147 Å². The van der Waals surface area contributed by atoms with E-state index in [2.05, 4.69) is 34.5 Å². The minimum absolute atomic E-state index is 0.0409.